The number of carbonyl (C=O) groups excluding carboxylic acids is 2. The minimum Gasteiger partial charge on any atom is -0.495 e. The third kappa shape index (κ3) is 3.97. The predicted molar refractivity (Wildman–Crippen MR) is 102 cm³/mol. The number of nitrogens with one attached hydrogen (secondary N) is 3. The fourth-order valence-corrected chi connectivity index (χ4v) is 2.92. The van der Waals surface area contributed by atoms with Gasteiger partial charge in [-0.25, -0.2) is 0 Å². The van der Waals surface area contributed by atoms with Crippen molar-refractivity contribution in [2.24, 2.45) is 0 Å². The molecule has 3 aromatic rings. The number of hydrogen-bond acceptors (Lipinski definition) is 3. The Hall–Kier alpha value is -2.99. The van der Waals surface area contributed by atoms with Gasteiger partial charge in [0.25, 0.3) is 0 Å². The van der Waals surface area contributed by atoms with Gasteiger partial charge in [-0.1, -0.05) is 29.8 Å². The number of benzene rings is 2. The molecule has 3 N–H and O–H groups in total. The zero-order valence-corrected chi connectivity index (χ0v) is 14.9. The van der Waals surface area contributed by atoms with Crippen molar-refractivity contribution >= 4 is 40.0 Å². The Labute approximate surface area is 155 Å². The molecular weight excluding hydrogens is 354 g/mol. The number of hydrogen-bond donors (Lipinski definition) is 3. The number of rotatable bonds is 5. The minimum absolute atomic E-state index is 0.352. The van der Waals surface area contributed by atoms with Gasteiger partial charge >= 0.3 is 11.8 Å². The van der Waals surface area contributed by atoms with Crippen LogP contribution >= 0.6 is 11.6 Å². The molecule has 0 saturated heterocycles. The molecule has 0 aliphatic carbocycles. The molecule has 0 spiro atoms. The van der Waals surface area contributed by atoms with Gasteiger partial charge < -0.3 is 20.4 Å². The summed E-state index contributed by atoms with van der Waals surface area (Å²) in [5.41, 5.74) is 2.55. The van der Waals surface area contributed by atoms with Crippen LogP contribution in [0, 0.1) is 0 Å². The topological polar surface area (TPSA) is 83.2 Å². The van der Waals surface area contributed by atoms with Crippen LogP contribution < -0.4 is 15.4 Å². The second kappa shape index (κ2) is 7.93. The van der Waals surface area contributed by atoms with Gasteiger partial charge in [-0.2, -0.15) is 0 Å². The molecule has 2 amide bonds. The van der Waals surface area contributed by atoms with Crippen molar-refractivity contribution in [2.75, 3.05) is 19.0 Å². The number of H-pyrrole nitrogens is 1. The molecular formula is C19H18ClN3O3. The summed E-state index contributed by atoms with van der Waals surface area (Å²) in [5, 5.41) is 6.59. The molecule has 0 bridgehead atoms. The number of para-hydroxylation sites is 1. The lowest BCUT2D eigenvalue weighted by Crippen LogP contribution is -2.36. The van der Waals surface area contributed by atoms with Crippen LogP contribution in [0.4, 0.5) is 5.69 Å². The summed E-state index contributed by atoms with van der Waals surface area (Å²) in [7, 11) is 1.50. The first kappa shape index (κ1) is 17.8. The number of ether oxygens (including phenoxy) is 1. The van der Waals surface area contributed by atoms with Crippen LogP contribution in [0.1, 0.15) is 5.56 Å². The molecule has 0 radical (unpaired) electrons. The Balaban J connectivity index is 1.53. The molecule has 0 fully saturated rings. The summed E-state index contributed by atoms with van der Waals surface area (Å²) in [6, 6.07) is 12.7. The van der Waals surface area contributed by atoms with E-state index in [2.05, 4.69) is 15.6 Å². The SMILES string of the molecule is COc1ccc(NC(=O)C(=O)NCCc2c[nH]c3ccccc23)cc1Cl. The Bertz CT molecular complexity index is 952. The monoisotopic (exact) mass is 371 g/mol. The maximum absolute atomic E-state index is 12.0. The number of carbonyl (C=O) groups is 2. The minimum atomic E-state index is -0.745. The zero-order chi connectivity index (χ0) is 18.5. The van der Waals surface area contributed by atoms with E-state index in [0.29, 0.717) is 29.4 Å². The van der Waals surface area contributed by atoms with Gasteiger partial charge in [0.05, 0.1) is 12.1 Å². The first-order valence-corrected chi connectivity index (χ1v) is 8.44. The Kier molecular flexibility index (Phi) is 5.43. The third-order valence-electron chi connectivity index (χ3n) is 3.97. The van der Waals surface area contributed by atoms with Gasteiger partial charge in [0.1, 0.15) is 5.75 Å². The van der Waals surface area contributed by atoms with Crippen LogP contribution in [0.3, 0.4) is 0 Å². The van der Waals surface area contributed by atoms with E-state index in [-0.39, 0.29) is 0 Å². The van der Waals surface area contributed by atoms with Gasteiger partial charge in [-0.3, -0.25) is 9.59 Å². The largest absolute Gasteiger partial charge is 0.495 e. The molecule has 0 atom stereocenters. The molecule has 0 aliphatic rings. The van der Waals surface area contributed by atoms with Crippen molar-refractivity contribution in [2.45, 2.75) is 6.42 Å². The lowest BCUT2D eigenvalue weighted by molar-refractivity contribution is -0.136. The quantitative estimate of drug-likeness (QED) is 0.602. The molecule has 26 heavy (non-hydrogen) atoms. The summed E-state index contributed by atoms with van der Waals surface area (Å²) in [4.78, 5) is 27.1. The maximum Gasteiger partial charge on any atom is 0.313 e. The average molecular weight is 372 g/mol. The summed E-state index contributed by atoms with van der Waals surface area (Å²) < 4.78 is 5.04. The summed E-state index contributed by atoms with van der Waals surface area (Å²) in [6.07, 6.45) is 2.54. The summed E-state index contributed by atoms with van der Waals surface area (Å²) >= 11 is 6.00. The maximum atomic E-state index is 12.0. The first-order chi connectivity index (χ1) is 12.6. The normalized spacial score (nSPS) is 10.5. The van der Waals surface area contributed by atoms with E-state index < -0.39 is 11.8 Å². The van der Waals surface area contributed by atoms with Gasteiger partial charge in [0.15, 0.2) is 0 Å². The lowest BCUT2D eigenvalue weighted by atomic mass is 10.1. The van der Waals surface area contributed by atoms with E-state index in [0.717, 1.165) is 16.5 Å². The number of aromatic amines is 1. The highest BCUT2D eigenvalue weighted by Gasteiger charge is 2.14. The molecule has 7 heteroatoms. The number of fused-ring (bicyclic) bond motifs is 1. The van der Waals surface area contributed by atoms with Crippen LogP contribution in [-0.4, -0.2) is 30.5 Å². The van der Waals surface area contributed by atoms with E-state index in [4.69, 9.17) is 16.3 Å². The van der Waals surface area contributed by atoms with Gasteiger partial charge in [0.2, 0.25) is 0 Å². The van der Waals surface area contributed by atoms with Gasteiger partial charge in [0, 0.05) is 29.3 Å². The number of amides is 2. The Morgan fingerprint density at radius 2 is 1.96 bits per heavy atom. The van der Waals surface area contributed by atoms with Crippen LogP contribution in [0.15, 0.2) is 48.7 Å². The Morgan fingerprint density at radius 1 is 1.15 bits per heavy atom. The molecule has 3 rings (SSSR count). The van der Waals surface area contributed by atoms with Crippen molar-refractivity contribution in [3.8, 4) is 5.75 Å². The summed E-state index contributed by atoms with van der Waals surface area (Å²) in [5.74, 6) is -0.949. The van der Waals surface area contributed by atoms with Crippen LogP contribution in [0.5, 0.6) is 5.75 Å². The molecule has 0 saturated carbocycles. The van der Waals surface area contributed by atoms with Crippen molar-refractivity contribution < 1.29 is 14.3 Å². The Morgan fingerprint density at radius 3 is 2.73 bits per heavy atom. The lowest BCUT2D eigenvalue weighted by Gasteiger charge is -2.08. The van der Waals surface area contributed by atoms with Gasteiger partial charge in [-0.15, -0.1) is 0 Å². The van der Waals surface area contributed by atoms with Crippen molar-refractivity contribution in [1.82, 2.24) is 10.3 Å². The smallest absolute Gasteiger partial charge is 0.313 e. The van der Waals surface area contributed by atoms with E-state index in [1.807, 2.05) is 30.5 Å². The highest BCUT2D eigenvalue weighted by molar-refractivity contribution is 6.40. The van der Waals surface area contributed by atoms with Crippen molar-refractivity contribution in [3.63, 3.8) is 0 Å². The first-order valence-electron chi connectivity index (χ1n) is 8.06. The zero-order valence-electron chi connectivity index (χ0n) is 14.1. The van der Waals surface area contributed by atoms with Crippen LogP contribution in [0.2, 0.25) is 5.02 Å². The van der Waals surface area contributed by atoms with E-state index >= 15 is 0 Å². The van der Waals surface area contributed by atoms with E-state index in [1.165, 1.54) is 13.2 Å². The molecule has 6 nitrogen and oxygen atoms in total. The third-order valence-corrected chi connectivity index (χ3v) is 4.27. The highest BCUT2D eigenvalue weighted by atomic mass is 35.5. The highest BCUT2D eigenvalue weighted by Crippen LogP contribution is 2.27. The summed E-state index contributed by atoms with van der Waals surface area (Å²) in [6.45, 7) is 0.359. The number of methoxy groups -OCH3 is 1. The molecule has 1 heterocycles. The number of aromatic nitrogens is 1. The standard InChI is InChI=1S/C19H18ClN3O3/c1-26-17-7-6-13(10-15(17)20)23-19(25)18(24)21-9-8-12-11-22-16-5-3-2-4-14(12)16/h2-7,10-11,22H,8-9H2,1H3,(H,21,24)(H,23,25). The van der Waals surface area contributed by atoms with Crippen LogP contribution in [-0.2, 0) is 16.0 Å². The fourth-order valence-electron chi connectivity index (χ4n) is 2.66. The van der Waals surface area contributed by atoms with Crippen molar-refractivity contribution in [3.05, 3.63) is 59.2 Å². The van der Waals surface area contributed by atoms with Gasteiger partial charge in [-0.05, 0) is 36.2 Å². The predicted octanol–water partition coefficient (Wildman–Crippen LogP) is 3.13. The van der Waals surface area contributed by atoms with E-state index in [1.54, 1.807) is 12.1 Å². The van der Waals surface area contributed by atoms with E-state index in [9.17, 15) is 9.59 Å². The second-order valence-corrected chi connectivity index (χ2v) is 6.08. The fraction of sp³-hybridized carbons (Fsp3) is 0.158. The molecule has 0 aliphatic heterocycles. The second-order valence-electron chi connectivity index (χ2n) is 5.67. The molecule has 2 aromatic carbocycles. The number of anilines is 1. The van der Waals surface area contributed by atoms with Crippen LogP contribution in [0.25, 0.3) is 10.9 Å². The molecule has 134 valence electrons. The van der Waals surface area contributed by atoms with Crippen molar-refractivity contribution in [1.29, 1.82) is 0 Å². The molecule has 1 aromatic heterocycles. The average Bonchev–Trinajstić information content (AvgIpc) is 3.05. The molecule has 0 unspecified atom stereocenters. The number of halogens is 1.